The number of hydrogen-bond donors (Lipinski definition) is 0. The van der Waals surface area contributed by atoms with E-state index in [-0.39, 0.29) is 5.82 Å². The molecule has 0 heterocycles. The number of rotatable bonds is 4. The third kappa shape index (κ3) is 3.64. The summed E-state index contributed by atoms with van der Waals surface area (Å²) < 4.78 is 14.0. The highest BCUT2D eigenvalue weighted by molar-refractivity contribution is 9.10. The van der Waals surface area contributed by atoms with E-state index in [0.29, 0.717) is 11.0 Å². The monoisotopic (exact) mass is 321 g/mol. The second-order valence-corrected chi connectivity index (χ2v) is 5.60. The molecule has 2 rings (SSSR count). The van der Waals surface area contributed by atoms with Crippen molar-refractivity contribution in [1.82, 2.24) is 4.90 Å². The van der Waals surface area contributed by atoms with E-state index in [1.54, 1.807) is 6.07 Å². The van der Waals surface area contributed by atoms with Crippen LogP contribution in [-0.4, -0.2) is 11.9 Å². The Labute approximate surface area is 122 Å². The van der Waals surface area contributed by atoms with Gasteiger partial charge in [-0.2, -0.15) is 0 Å². The van der Waals surface area contributed by atoms with Gasteiger partial charge in [-0.3, -0.25) is 4.90 Å². The summed E-state index contributed by atoms with van der Waals surface area (Å²) in [6.45, 7) is 3.68. The van der Waals surface area contributed by atoms with Crippen LogP contribution in [0.15, 0.2) is 46.9 Å². The highest BCUT2D eigenvalue weighted by Crippen LogP contribution is 2.22. The predicted molar refractivity (Wildman–Crippen MR) is 80.5 cm³/mol. The summed E-state index contributed by atoms with van der Waals surface area (Å²) in [5.74, 6) is -0.207. The van der Waals surface area contributed by atoms with Crippen LogP contribution in [-0.2, 0) is 13.1 Å². The number of benzene rings is 2. The van der Waals surface area contributed by atoms with Gasteiger partial charge < -0.3 is 0 Å². The fourth-order valence-corrected chi connectivity index (χ4v) is 2.49. The summed E-state index contributed by atoms with van der Waals surface area (Å²) >= 11 is 3.31. The molecule has 0 aliphatic rings. The third-order valence-corrected chi connectivity index (χ3v) is 4.06. The van der Waals surface area contributed by atoms with Gasteiger partial charge in [-0.25, -0.2) is 4.39 Å². The maximum atomic E-state index is 13.5. The van der Waals surface area contributed by atoms with E-state index in [4.69, 9.17) is 0 Å². The van der Waals surface area contributed by atoms with Crippen molar-refractivity contribution in [3.63, 3.8) is 0 Å². The van der Waals surface area contributed by atoms with Crippen molar-refractivity contribution < 1.29 is 4.39 Å². The van der Waals surface area contributed by atoms with Crippen LogP contribution in [0, 0.1) is 12.7 Å². The first kappa shape index (κ1) is 14.2. The van der Waals surface area contributed by atoms with Crippen LogP contribution >= 0.6 is 15.9 Å². The van der Waals surface area contributed by atoms with Gasteiger partial charge in [0, 0.05) is 13.1 Å². The van der Waals surface area contributed by atoms with Crippen molar-refractivity contribution in [2.45, 2.75) is 20.0 Å². The van der Waals surface area contributed by atoms with E-state index >= 15 is 0 Å². The van der Waals surface area contributed by atoms with Crippen molar-refractivity contribution >= 4 is 15.9 Å². The van der Waals surface area contributed by atoms with Crippen LogP contribution in [0.5, 0.6) is 0 Å². The topological polar surface area (TPSA) is 3.24 Å². The molecular weight excluding hydrogens is 305 g/mol. The molecule has 0 saturated carbocycles. The Morgan fingerprint density at radius 1 is 1.00 bits per heavy atom. The minimum Gasteiger partial charge on any atom is -0.298 e. The fraction of sp³-hybridized carbons (Fsp3) is 0.250. The Balaban J connectivity index is 2.08. The molecule has 0 fully saturated rings. The zero-order chi connectivity index (χ0) is 13.8. The summed E-state index contributed by atoms with van der Waals surface area (Å²) in [6.07, 6.45) is 0. The lowest BCUT2D eigenvalue weighted by Gasteiger charge is -2.19. The quantitative estimate of drug-likeness (QED) is 0.799. The standard InChI is InChI=1S/C16H17BrFN/c1-12-6-3-4-7-13(12)10-19(2)11-14-8-5-9-15(18)16(14)17/h3-9H,10-11H2,1-2H3. The number of hydrogen-bond acceptors (Lipinski definition) is 1. The SMILES string of the molecule is Cc1ccccc1CN(C)Cc1cccc(F)c1Br. The molecule has 2 aromatic rings. The molecular formula is C16H17BrFN. The summed E-state index contributed by atoms with van der Waals surface area (Å²) in [5, 5.41) is 0. The second-order valence-electron chi connectivity index (χ2n) is 4.81. The van der Waals surface area contributed by atoms with E-state index in [9.17, 15) is 4.39 Å². The summed E-state index contributed by atoms with van der Waals surface area (Å²) in [7, 11) is 2.05. The van der Waals surface area contributed by atoms with Crippen LogP contribution < -0.4 is 0 Å². The molecule has 19 heavy (non-hydrogen) atoms. The Morgan fingerprint density at radius 2 is 1.63 bits per heavy atom. The zero-order valence-electron chi connectivity index (χ0n) is 11.2. The van der Waals surface area contributed by atoms with E-state index in [1.807, 2.05) is 25.2 Å². The smallest absolute Gasteiger partial charge is 0.137 e. The maximum absolute atomic E-state index is 13.5. The fourth-order valence-electron chi connectivity index (χ4n) is 2.10. The predicted octanol–water partition coefficient (Wildman–Crippen LogP) is 4.53. The summed E-state index contributed by atoms with van der Waals surface area (Å²) in [5.41, 5.74) is 3.56. The average Bonchev–Trinajstić information content (AvgIpc) is 2.38. The van der Waals surface area contributed by atoms with Crippen LogP contribution in [0.25, 0.3) is 0 Å². The second kappa shape index (κ2) is 6.31. The van der Waals surface area contributed by atoms with Crippen LogP contribution in [0.2, 0.25) is 0 Å². The van der Waals surface area contributed by atoms with E-state index in [2.05, 4.69) is 39.9 Å². The number of nitrogens with zero attached hydrogens (tertiary/aromatic N) is 1. The molecule has 3 heteroatoms. The lowest BCUT2D eigenvalue weighted by Crippen LogP contribution is -2.18. The largest absolute Gasteiger partial charge is 0.298 e. The molecule has 0 N–H and O–H groups in total. The Hall–Kier alpha value is -1.19. The molecule has 0 atom stereocenters. The summed E-state index contributed by atoms with van der Waals surface area (Å²) in [6, 6.07) is 13.5. The number of aryl methyl sites for hydroxylation is 1. The molecule has 0 bridgehead atoms. The molecule has 0 spiro atoms. The van der Waals surface area contributed by atoms with Crippen molar-refractivity contribution in [3.8, 4) is 0 Å². The highest BCUT2D eigenvalue weighted by Gasteiger charge is 2.08. The van der Waals surface area contributed by atoms with Crippen LogP contribution in [0.3, 0.4) is 0 Å². The molecule has 0 aliphatic heterocycles. The van der Waals surface area contributed by atoms with Gasteiger partial charge in [-0.05, 0) is 52.7 Å². The normalized spacial score (nSPS) is 11.0. The van der Waals surface area contributed by atoms with Gasteiger partial charge in [-0.15, -0.1) is 0 Å². The lowest BCUT2D eigenvalue weighted by molar-refractivity contribution is 0.317. The Kier molecular flexibility index (Phi) is 4.72. The maximum Gasteiger partial charge on any atom is 0.137 e. The molecule has 1 nitrogen and oxygen atoms in total. The average molecular weight is 322 g/mol. The van der Waals surface area contributed by atoms with E-state index in [1.165, 1.54) is 17.2 Å². The van der Waals surface area contributed by atoms with Crippen molar-refractivity contribution in [1.29, 1.82) is 0 Å². The first-order valence-corrected chi connectivity index (χ1v) is 7.03. The van der Waals surface area contributed by atoms with Gasteiger partial charge >= 0.3 is 0 Å². The molecule has 0 aromatic heterocycles. The summed E-state index contributed by atoms with van der Waals surface area (Å²) in [4.78, 5) is 2.18. The van der Waals surface area contributed by atoms with E-state index < -0.39 is 0 Å². The van der Waals surface area contributed by atoms with E-state index in [0.717, 1.165) is 12.1 Å². The minimum absolute atomic E-state index is 0.207. The molecule has 0 aliphatic carbocycles. The Bertz CT molecular complexity index is 568. The first-order valence-electron chi connectivity index (χ1n) is 6.24. The molecule has 0 amide bonds. The van der Waals surface area contributed by atoms with Gasteiger partial charge in [0.25, 0.3) is 0 Å². The van der Waals surface area contributed by atoms with Gasteiger partial charge in [-0.1, -0.05) is 36.4 Å². The van der Waals surface area contributed by atoms with Crippen molar-refractivity contribution in [2.75, 3.05) is 7.05 Å². The zero-order valence-corrected chi connectivity index (χ0v) is 12.7. The first-order chi connectivity index (χ1) is 9.08. The van der Waals surface area contributed by atoms with Gasteiger partial charge in [0.2, 0.25) is 0 Å². The van der Waals surface area contributed by atoms with Crippen LogP contribution in [0.4, 0.5) is 4.39 Å². The van der Waals surface area contributed by atoms with Gasteiger partial charge in [0.1, 0.15) is 5.82 Å². The van der Waals surface area contributed by atoms with Crippen molar-refractivity contribution in [2.24, 2.45) is 0 Å². The van der Waals surface area contributed by atoms with Gasteiger partial charge in [0.15, 0.2) is 0 Å². The molecule has 0 radical (unpaired) electrons. The van der Waals surface area contributed by atoms with Gasteiger partial charge in [0.05, 0.1) is 4.47 Å². The van der Waals surface area contributed by atoms with Crippen molar-refractivity contribution in [3.05, 3.63) is 69.4 Å². The number of halogens is 2. The molecule has 2 aromatic carbocycles. The third-order valence-electron chi connectivity index (χ3n) is 3.17. The minimum atomic E-state index is -0.207. The lowest BCUT2D eigenvalue weighted by atomic mass is 10.1. The van der Waals surface area contributed by atoms with Crippen LogP contribution in [0.1, 0.15) is 16.7 Å². The molecule has 0 saturated heterocycles. The molecule has 0 unspecified atom stereocenters. The highest BCUT2D eigenvalue weighted by atomic mass is 79.9. The molecule has 100 valence electrons. The Morgan fingerprint density at radius 3 is 2.37 bits per heavy atom.